The molecule has 1 saturated heterocycles. The maximum atomic E-state index is 13.6. The molecule has 9 nitrogen and oxygen atoms in total. The normalized spacial score (nSPS) is 14.9. The van der Waals surface area contributed by atoms with E-state index in [4.69, 9.17) is 9.73 Å². The van der Waals surface area contributed by atoms with Crippen LogP contribution in [0.4, 0.5) is 11.4 Å². The van der Waals surface area contributed by atoms with Crippen molar-refractivity contribution < 1.29 is 24.4 Å². The van der Waals surface area contributed by atoms with Crippen LogP contribution in [0.1, 0.15) is 27.0 Å². The fourth-order valence-electron chi connectivity index (χ4n) is 4.07. The van der Waals surface area contributed by atoms with E-state index >= 15 is 0 Å². The van der Waals surface area contributed by atoms with Gasteiger partial charge in [0.05, 0.1) is 27.6 Å². The summed E-state index contributed by atoms with van der Waals surface area (Å²) in [6.07, 6.45) is 1.74. The third-order valence-corrected chi connectivity index (χ3v) is 7.14. The number of carbonyl (C=O) groups is 2. The number of hydrogen-bond acceptors (Lipinski definition) is 7. The molecule has 0 saturated carbocycles. The molecule has 10 heteroatoms. The number of aliphatic imine (C=N–C) groups is 1. The van der Waals surface area contributed by atoms with Gasteiger partial charge in [-0.3, -0.25) is 19.8 Å². The third kappa shape index (κ3) is 6.68. The zero-order valence-corrected chi connectivity index (χ0v) is 22.4. The number of amidine groups is 1. The Morgan fingerprint density at radius 1 is 0.951 bits per heavy atom. The highest BCUT2D eigenvalue weighted by molar-refractivity contribution is 8.18. The van der Waals surface area contributed by atoms with Gasteiger partial charge in [-0.15, -0.1) is 0 Å². The number of aromatic carboxylic acids is 1. The Morgan fingerprint density at radius 2 is 1.68 bits per heavy atom. The van der Waals surface area contributed by atoms with E-state index in [0.717, 1.165) is 5.56 Å². The van der Waals surface area contributed by atoms with Crippen LogP contribution in [0.2, 0.25) is 0 Å². The Bertz CT molecular complexity index is 1670. The molecule has 0 aromatic heterocycles. The van der Waals surface area contributed by atoms with Crippen LogP contribution in [0.3, 0.4) is 0 Å². The van der Waals surface area contributed by atoms with Gasteiger partial charge in [0.15, 0.2) is 5.17 Å². The maximum absolute atomic E-state index is 13.6. The minimum atomic E-state index is -1.02. The van der Waals surface area contributed by atoms with Crippen molar-refractivity contribution in [2.24, 2.45) is 4.99 Å². The molecule has 0 radical (unpaired) electrons. The number of para-hydroxylation sites is 2. The molecule has 0 aliphatic carbocycles. The van der Waals surface area contributed by atoms with Crippen molar-refractivity contribution in [2.75, 3.05) is 0 Å². The Morgan fingerprint density at radius 3 is 2.41 bits per heavy atom. The van der Waals surface area contributed by atoms with Crippen LogP contribution in [-0.2, 0) is 17.9 Å². The topological polar surface area (TPSA) is 122 Å². The Kier molecular flexibility index (Phi) is 8.21. The summed E-state index contributed by atoms with van der Waals surface area (Å²) in [7, 11) is 0. The lowest BCUT2D eigenvalue weighted by atomic mass is 10.1. The number of nitro groups is 1. The van der Waals surface area contributed by atoms with Gasteiger partial charge < -0.3 is 9.84 Å². The first-order chi connectivity index (χ1) is 19.9. The monoisotopic (exact) mass is 565 g/mol. The van der Waals surface area contributed by atoms with E-state index in [2.05, 4.69) is 0 Å². The van der Waals surface area contributed by atoms with E-state index in [-0.39, 0.29) is 30.3 Å². The van der Waals surface area contributed by atoms with Crippen LogP contribution in [0.5, 0.6) is 5.75 Å². The molecular weight excluding hydrogens is 542 g/mol. The van der Waals surface area contributed by atoms with E-state index in [1.807, 2.05) is 48.5 Å². The van der Waals surface area contributed by atoms with Crippen molar-refractivity contribution in [3.63, 3.8) is 0 Å². The summed E-state index contributed by atoms with van der Waals surface area (Å²) < 4.78 is 6.00. The number of non-ortho nitro benzene ring substituents is 1. The predicted molar refractivity (Wildman–Crippen MR) is 157 cm³/mol. The highest BCUT2D eigenvalue weighted by atomic mass is 32.2. The lowest BCUT2D eigenvalue weighted by molar-refractivity contribution is -0.384. The average molecular weight is 566 g/mol. The number of thioether (sulfide) groups is 1. The maximum Gasteiger partial charge on any atom is 0.335 e. The lowest BCUT2D eigenvalue weighted by Crippen LogP contribution is -2.28. The number of carbonyl (C=O) groups excluding carboxylic acids is 1. The summed E-state index contributed by atoms with van der Waals surface area (Å²) in [5.41, 5.74) is 2.90. The molecule has 1 N–H and O–H groups in total. The van der Waals surface area contributed by atoms with E-state index in [9.17, 15) is 24.8 Å². The molecule has 204 valence electrons. The lowest BCUT2D eigenvalue weighted by Gasteiger charge is -2.16. The number of carboxylic acid groups (broad SMARTS) is 1. The van der Waals surface area contributed by atoms with Crippen molar-refractivity contribution in [3.8, 4) is 5.75 Å². The standard InChI is InChI=1S/C31H23N3O6S/c35-29-28(18-24-8-4-5-12-27(24)40-20-22-7-6-11-26(17-22)34(38)39)41-31(32-25-9-2-1-3-10-25)33(29)19-21-13-15-23(16-14-21)30(36)37/h1-18H,19-20H2,(H,36,37)/b28-18-,32-31?. The van der Waals surface area contributed by atoms with Gasteiger partial charge >= 0.3 is 5.97 Å². The zero-order chi connectivity index (χ0) is 28.8. The molecule has 0 bridgehead atoms. The van der Waals surface area contributed by atoms with Gasteiger partial charge in [-0.2, -0.15) is 0 Å². The molecule has 0 spiro atoms. The van der Waals surface area contributed by atoms with Crippen LogP contribution in [0.15, 0.2) is 113 Å². The zero-order valence-electron chi connectivity index (χ0n) is 21.5. The number of amides is 1. The number of nitro benzene ring substituents is 1. The van der Waals surface area contributed by atoms with E-state index in [1.54, 1.807) is 41.3 Å². The first-order valence-corrected chi connectivity index (χ1v) is 13.3. The van der Waals surface area contributed by atoms with Crippen molar-refractivity contribution in [3.05, 3.63) is 140 Å². The molecule has 5 rings (SSSR count). The second-order valence-corrected chi connectivity index (χ2v) is 10.00. The second kappa shape index (κ2) is 12.3. The van der Waals surface area contributed by atoms with Gasteiger partial charge in [0.1, 0.15) is 12.4 Å². The van der Waals surface area contributed by atoms with E-state index in [0.29, 0.717) is 32.6 Å². The number of hydrogen-bond donors (Lipinski definition) is 1. The average Bonchev–Trinajstić information content (AvgIpc) is 3.26. The third-order valence-electron chi connectivity index (χ3n) is 6.13. The molecular formula is C31H23N3O6S. The molecule has 41 heavy (non-hydrogen) atoms. The van der Waals surface area contributed by atoms with Crippen LogP contribution in [0, 0.1) is 10.1 Å². The molecule has 0 atom stereocenters. The molecule has 1 amide bonds. The molecule has 1 fully saturated rings. The number of carboxylic acids is 1. The van der Waals surface area contributed by atoms with Gasteiger partial charge in [0, 0.05) is 17.7 Å². The number of rotatable bonds is 9. The summed E-state index contributed by atoms with van der Waals surface area (Å²) in [6, 6.07) is 29.1. The van der Waals surface area contributed by atoms with Crippen molar-refractivity contribution in [1.29, 1.82) is 0 Å². The number of nitrogens with zero attached hydrogens (tertiary/aromatic N) is 3. The summed E-state index contributed by atoms with van der Waals surface area (Å²) in [5.74, 6) is -0.753. The van der Waals surface area contributed by atoms with Crippen LogP contribution in [0.25, 0.3) is 6.08 Å². The van der Waals surface area contributed by atoms with Gasteiger partial charge in [-0.1, -0.05) is 60.7 Å². The highest BCUT2D eigenvalue weighted by Gasteiger charge is 2.33. The number of benzene rings is 4. The first-order valence-electron chi connectivity index (χ1n) is 12.5. The van der Waals surface area contributed by atoms with Crippen molar-refractivity contribution >= 4 is 46.3 Å². The molecule has 0 unspecified atom stereocenters. The molecule has 4 aromatic carbocycles. The SMILES string of the molecule is O=C(O)c1ccc(CN2C(=O)/C(=C/c3ccccc3OCc3cccc([N+](=O)[O-])c3)SC2=Nc2ccccc2)cc1. The quantitative estimate of drug-likeness (QED) is 0.136. The fraction of sp³-hybridized carbons (Fsp3) is 0.0645. The van der Waals surface area contributed by atoms with E-state index in [1.165, 1.54) is 36.0 Å². The fourth-order valence-corrected chi connectivity index (χ4v) is 5.06. The Balaban J connectivity index is 1.42. The summed E-state index contributed by atoms with van der Waals surface area (Å²) in [4.78, 5) is 42.3. The summed E-state index contributed by atoms with van der Waals surface area (Å²) in [5, 5.41) is 20.8. The van der Waals surface area contributed by atoms with Gasteiger partial charge in [-0.05, 0) is 59.3 Å². The Hall–Kier alpha value is -5.22. The Labute approximate surface area is 239 Å². The van der Waals surface area contributed by atoms with Crippen LogP contribution < -0.4 is 4.74 Å². The molecule has 1 aliphatic rings. The van der Waals surface area contributed by atoms with Gasteiger partial charge in [0.2, 0.25) is 0 Å². The first kappa shape index (κ1) is 27.4. The summed E-state index contributed by atoms with van der Waals surface area (Å²) >= 11 is 1.24. The smallest absolute Gasteiger partial charge is 0.335 e. The minimum absolute atomic E-state index is 0.0163. The van der Waals surface area contributed by atoms with Crippen LogP contribution >= 0.6 is 11.8 Å². The number of ether oxygens (including phenoxy) is 1. The molecule has 1 heterocycles. The van der Waals surface area contributed by atoms with E-state index < -0.39 is 10.9 Å². The largest absolute Gasteiger partial charge is 0.488 e. The molecule has 1 aliphatic heterocycles. The van der Waals surface area contributed by atoms with Crippen molar-refractivity contribution in [2.45, 2.75) is 13.2 Å². The van der Waals surface area contributed by atoms with Crippen molar-refractivity contribution in [1.82, 2.24) is 4.90 Å². The second-order valence-electron chi connectivity index (χ2n) is 8.99. The van der Waals surface area contributed by atoms with Gasteiger partial charge in [-0.25, -0.2) is 9.79 Å². The van der Waals surface area contributed by atoms with Gasteiger partial charge in [0.25, 0.3) is 11.6 Å². The summed E-state index contributed by atoms with van der Waals surface area (Å²) in [6.45, 7) is 0.321. The van der Waals surface area contributed by atoms with Crippen LogP contribution in [-0.4, -0.2) is 32.0 Å². The highest BCUT2D eigenvalue weighted by Crippen LogP contribution is 2.36. The minimum Gasteiger partial charge on any atom is -0.488 e. The predicted octanol–water partition coefficient (Wildman–Crippen LogP) is 6.68. The molecule has 4 aromatic rings.